The first-order valence-corrected chi connectivity index (χ1v) is 13.6. The largest absolute Gasteiger partial charge is 0.459 e. The van der Waals surface area contributed by atoms with E-state index in [2.05, 4.69) is 0 Å². The fourth-order valence-corrected chi connectivity index (χ4v) is 5.29. The van der Waals surface area contributed by atoms with E-state index in [0.29, 0.717) is 16.7 Å². The zero-order chi connectivity index (χ0) is 27.7. The van der Waals surface area contributed by atoms with Gasteiger partial charge >= 0.3 is 17.9 Å². The van der Waals surface area contributed by atoms with Gasteiger partial charge in [0.25, 0.3) is 0 Å². The molecule has 0 spiro atoms. The first-order chi connectivity index (χ1) is 19.6. The Hall–Kier alpha value is -4.40. The molecular formula is C32H26O7S. The number of ether oxygens (including phenoxy) is 4. The molecule has 0 bridgehead atoms. The smallest absolute Gasteiger partial charge is 0.338 e. The molecule has 0 saturated carbocycles. The van der Waals surface area contributed by atoms with Crippen molar-refractivity contribution >= 4 is 29.7 Å². The number of carbonyl (C=O) groups excluding carboxylic acids is 3. The second-order valence-electron chi connectivity index (χ2n) is 8.91. The molecule has 4 aromatic carbocycles. The van der Waals surface area contributed by atoms with Crippen molar-refractivity contribution < 1.29 is 33.3 Å². The number of esters is 3. The van der Waals surface area contributed by atoms with Crippen molar-refractivity contribution in [3.8, 4) is 0 Å². The highest BCUT2D eigenvalue weighted by Crippen LogP contribution is 2.38. The summed E-state index contributed by atoms with van der Waals surface area (Å²) < 4.78 is 23.7. The van der Waals surface area contributed by atoms with Crippen molar-refractivity contribution in [3.63, 3.8) is 0 Å². The van der Waals surface area contributed by atoms with Crippen molar-refractivity contribution in [2.75, 3.05) is 6.61 Å². The van der Waals surface area contributed by atoms with Gasteiger partial charge in [0.15, 0.2) is 12.2 Å². The SMILES string of the molecule is O=C(OC[C@@H]1O[C@@H](Sc2ccccc2)[C@@H](OC(=O)c2ccccc2)C1OC(=O)c1ccccc1)c1ccccc1. The molecule has 4 aromatic rings. The quantitative estimate of drug-likeness (QED) is 0.189. The Kier molecular flexibility index (Phi) is 8.90. The van der Waals surface area contributed by atoms with Crippen molar-refractivity contribution in [2.45, 2.75) is 28.6 Å². The van der Waals surface area contributed by atoms with Crippen LogP contribution in [0.1, 0.15) is 31.1 Å². The molecule has 1 aliphatic heterocycles. The van der Waals surface area contributed by atoms with Crippen LogP contribution in [0.3, 0.4) is 0 Å². The third kappa shape index (κ3) is 6.77. The molecule has 1 heterocycles. The van der Waals surface area contributed by atoms with E-state index >= 15 is 0 Å². The van der Waals surface area contributed by atoms with Gasteiger partial charge < -0.3 is 18.9 Å². The summed E-state index contributed by atoms with van der Waals surface area (Å²) in [5.74, 6) is -1.75. The Morgan fingerprint density at radius 2 is 1.00 bits per heavy atom. The van der Waals surface area contributed by atoms with Crippen LogP contribution in [-0.4, -0.2) is 48.3 Å². The van der Waals surface area contributed by atoms with Crippen LogP contribution >= 0.6 is 11.8 Å². The number of rotatable bonds is 9. The highest BCUT2D eigenvalue weighted by molar-refractivity contribution is 7.99. The molecule has 0 aliphatic carbocycles. The Labute approximate surface area is 236 Å². The van der Waals surface area contributed by atoms with Crippen LogP contribution in [0.4, 0.5) is 0 Å². The van der Waals surface area contributed by atoms with Crippen LogP contribution in [0.15, 0.2) is 126 Å². The summed E-state index contributed by atoms with van der Waals surface area (Å²) in [5, 5.41) is 0. The van der Waals surface area contributed by atoms with E-state index < -0.39 is 41.7 Å². The van der Waals surface area contributed by atoms with Crippen molar-refractivity contribution in [2.24, 2.45) is 0 Å². The fraction of sp³-hybridized carbons (Fsp3) is 0.156. The fourth-order valence-electron chi connectivity index (χ4n) is 4.17. The van der Waals surface area contributed by atoms with Crippen LogP contribution in [0.2, 0.25) is 0 Å². The van der Waals surface area contributed by atoms with Crippen molar-refractivity contribution in [1.29, 1.82) is 0 Å². The summed E-state index contributed by atoms with van der Waals surface area (Å²) in [6.45, 7) is -0.217. The van der Waals surface area contributed by atoms with Gasteiger partial charge in [0.2, 0.25) is 0 Å². The van der Waals surface area contributed by atoms with E-state index in [1.54, 1.807) is 91.0 Å². The first-order valence-electron chi connectivity index (χ1n) is 12.7. The summed E-state index contributed by atoms with van der Waals surface area (Å²) in [4.78, 5) is 39.8. The van der Waals surface area contributed by atoms with Crippen LogP contribution in [-0.2, 0) is 18.9 Å². The minimum atomic E-state index is -1.05. The zero-order valence-electron chi connectivity index (χ0n) is 21.3. The third-order valence-corrected chi connectivity index (χ3v) is 7.31. The summed E-state index contributed by atoms with van der Waals surface area (Å²) in [6, 6.07) is 35.1. The maximum Gasteiger partial charge on any atom is 0.338 e. The van der Waals surface area contributed by atoms with E-state index in [4.69, 9.17) is 18.9 Å². The monoisotopic (exact) mass is 554 g/mol. The van der Waals surface area contributed by atoms with E-state index in [0.717, 1.165) is 4.90 Å². The van der Waals surface area contributed by atoms with E-state index in [1.165, 1.54) is 11.8 Å². The van der Waals surface area contributed by atoms with Crippen LogP contribution < -0.4 is 0 Å². The zero-order valence-corrected chi connectivity index (χ0v) is 22.1. The lowest BCUT2D eigenvalue weighted by Gasteiger charge is -2.24. The number of thioether (sulfide) groups is 1. The molecule has 1 saturated heterocycles. The van der Waals surface area contributed by atoms with Gasteiger partial charge in [-0.15, -0.1) is 0 Å². The molecule has 202 valence electrons. The Morgan fingerprint density at radius 3 is 1.50 bits per heavy atom. The Morgan fingerprint density at radius 1 is 0.575 bits per heavy atom. The topological polar surface area (TPSA) is 88.1 Å². The minimum Gasteiger partial charge on any atom is -0.459 e. The first kappa shape index (κ1) is 27.2. The lowest BCUT2D eigenvalue weighted by atomic mass is 10.1. The lowest BCUT2D eigenvalue weighted by molar-refractivity contribution is -0.0435. The van der Waals surface area contributed by atoms with Crippen molar-refractivity contribution in [3.05, 3.63) is 138 Å². The summed E-state index contributed by atoms with van der Waals surface area (Å²) in [7, 11) is 0. The Balaban J connectivity index is 1.43. The summed E-state index contributed by atoms with van der Waals surface area (Å²) in [5.41, 5.74) is 0.303. The molecule has 7 nitrogen and oxygen atoms in total. The minimum absolute atomic E-state index is 0.217. The van der Waals surface area contributed by atoms with E-state index in [1.807, 2.05) is 30.3 Å². The van der Waals surface area contributed by atoms with Gasteiger partial charge in [-0.25, -0.2) is 14.4 Å². The molecule has 8 heteroatoms. The van der Waals surface area contributed by atoms with Gasteiger partial charge in [0.05, 0.1) is 16.7 Å². The van der Waals surface area contributed by atoms with Crippen LogP contribution in [0, 0.1) is 0 Å². The highest BCUT2D eigenvalue weighted by atomic mass is 32.2. The molecule has 0 N–H and O–H groups in total. The van der Waals surface area contributed by atoms with E-state index in [-0.39, 0.29) is 6.61 Å². The molecule has 0 aromatic heterocycles. The predicted molar refractivity (Wildman–Crippen MR) is 149 cm³/mol. The molecule has 0 amide bonds. The second-order valence-corrected chi connectivity index (χ2v) is 10.1. The van der Waals surface area contributed by atoms with Gasteiger partial charge in [-0.05, 0) is 48.5 Å². The maximum atomic E-state index is 13.1. The van der Waals surface area contributed by atoms with Crippen LogP contribution in [0.25, 0.3) is 0 Å². The van der Waals surface area contributed by atoms with Gasteiger partial charge in [-0.1, -0.05) is 84.6 Å². The van der Waals surface area contributed by atoms with Crippen molar-refractivity contribution in [1.82, 2.24) is 0 Å². The average molecular weight is 555 g/mol. The van der Waals surface area contributed by atoms with Crippen LogP contribution in [0.5, 0.6) is 0 Å². The molecule has 1 aliphatic rings. The second kappa shape index (κ2) is 13.1. The normalized spacial score (nSPS) is 19.9. The number of hydrogen-bond donors (Lipinski definition) is 0. The molecule has 4 atom stereocenters. The van der Waals surface area contributed by atoms with Gasteiger partial charge in [-0.2, -0.15) is 0 Å². The lowest BCUT2D eigenvalue weighted by Crippen LogP contribution is -2.41. The molecule has 40 heavy (non-hydrogen) atoms. The number of carbonyl (C=O) groups is 3. The highest BCUT2D eigenvalue weighted by Gasteiger charge is 2.50. The van der Waals surface area contributed by atoms with Gasteiger partial charge in [0.1, 0.15) is 18.1 Å². The van der Waals surface area contributed by atoms with Gasteiger partial charge in [0, 0.05) is 4.90 Å². The standard InChI is InChI=1S/C32H26O7S/c33-29(22-13-5-1-6-14-22)36-21-26-27(38-30(34)23-15-7-2-8-16-23)28(39-31(35)24-17-9-3-10-18-24)32(37-26)40-25-19-11-4-12-20-25/h1-20,26-28,32H,21H2/t26-,27?,28-,32-/m0/s1. The summed E-state index contributed by atoms with van der Waals surface area (Å²) in [6.07, 6.45) is -2.94. The molecular weight excluding hydrogens is 528 g/mol. The third-order valence-electron chi connectivity index (χ3n) is 6.16. The number of hydrogen-bond acceptors (Lipinski definition) is 8. The average Bonchev–Trinajstić information content (AvgIpc) is 3.32. The summed E-state index contributed by atoms with van der Waals surface area (Å²) >= 11 is 1.33. The van der Waals surface area contributed by atoms with E-state index in [9.17, 15) is 14.4 Å². The molecule has 1 unspecified atom stereocenters. The Bertz CT molecular complexity index is 1420. The predicted octanol–water partition coefficient (Wildman–Crippen LogP) is 5.81. The number of benzene rings is 4. The molecule has 0 radical (unpaired) electrons. The molecule has 1 fully saturated rings. The van der Waals surface area contributed by atoms with Gasteiger partial charge in [-0.3, -0.25) is 0 Å². The maximum absolute atomic E-state index is 13.1. The molecule has 5 rings (SSSR count).